The summed E-state index contributed by atoms with van der Waals surface area (Å²) in [5, 5.41) is 2.89. The van der Waals surface area contributed by atoms with Gasteiger partial charge in [0.15, 0.2) is 0 Å². The quantitative estimate of drug-likeness (QED) is 0.556. The van der Waals surface area contributed by atoms with Crippen molar-refractivity contribution in [2.45, 2.75) is 23.8 Å². The molecule has 2 aromatic carbocycles. The maximum absolute atomic E-state index is 12.8. The summed E-state index contributed by atoms with van der Waals surface area (Å²) in [6.45, 7) is 4.67. The van der Waals surface area contributed by atoms with Crippen LogP contribution in [0.25, 0.3) is 0 Å². The summed E-state index contributed by atoms with van der Waals surface area (Å²) < 4.78 is 33.4. The van der Waals surface area contributed by atoms with Gasteiger partial charge in [0, 0.05) is 19.6 Å². The largest absolute Gasteiger partial charge is 0.379 e. The van der Waals surface area contributed by atoms with Crippen molar-refractivity contribution in [1.82, 2.24) is 14.9 Å². The van der Waals surface area contributed by atoms with Crippen LogP contribution in [0.2, 0.25) is 0 Å². The third-order valence-corrected chi connectivity index (χ3v) is 6.49. The van der Waals surface area contributed by atoms with E-state index in [1.165, 1.54) is 12.1 Å². The second-order valence-electron chi connectivity index (χ2n) is 7.28. The van der Waals surface area contributed by atoms with Crippen LogP contribution in [0, 0.1) is 0 Å². The summed E-state index contributed by atoms with van der Waals surface area (Å²) >= 11 is 0. The standard InChI is InChI=1S/C22H29N3O4S/c26-22(23-12-7-13-25-14-16-29-17-15-25)21(18-19-8-3-1-4-9-19)24-30(27,28)20-10-5-2-6-11-20/h1-6,8-11,21,24H,7,12-18H2,(H,23,26). The molecule has 0 spiro atoms. The molecule has 0 bridgehead atoms. The Morgan fingerprint density at radius 3 is 2.30 bits per heavy atom. The Labute approximate surface area is 178 Å². The zero-order valence-corrected chi connectivity index (χ0v) is 17.8. The topological polar surface area (TPSA) is 87.7 Å². The van der Waals surface area contributed by atoms with Crippen molar-refractivity contribution < 1.29 is 17.9 Å². The number of hydrogen-bond donors (Lipinski definition) is 2. The van der Waals surface area contributed by atoms with Crippen molar-refractivity contribution in [3.8, 4) is 0 Å². The van der Waals surface area contributed by atoms with E-state index >= 15 is 0 Å². The number of amides is 1. The summed E-state index contributed by atoms with van der Waals surface area (Å²) in [7, 11) is -3.81. The maximum atomic E-state index is 12.8. The number of carbonyl (C=O) groups excluding carboxylic acids is 1. The van der Waals surface area contributed by atoms with Crippen LogP contribution < -0.4 is 10.0 Å². The van der Waals surface area contributed by atoms with Crippen LogP contribution in [-0.4, -0.2) is 64.7 Å². The highest BCUT2D eigenvalue weighted by Gasteiger charge is 2.25. The van der Waals surface area contributed by atoms with Crippen molar-refractivity contribution in [2.24, 2.45) is 0 Å². The van der Waals surface area contributed by atoms with Crippen LogP contribution in [0.5, 0.6) is 0 Å². The van der Waals surface area contributed by atoms with Gasteiger partial charge in [-0.2, -0.15) is 4.72 Å². The van der Waals surface area contributed by atoms with E-state index in [1.54, 1.807) is 18.2 Å². The van der Waals surface area contributed by atoms with Crippen molar-refractivity contribution in [2.75, 3.05) is 39.4 Å². The Morgan fingerprint density at radius 1 is 1.00 bits per heavy atom. The predicted molar refractivity (Wildman–Crippen MR) is 116 cm³/mol. The molecule has 0 radical (unpaired) electrons. The minimum atomic E-state index is -3.81. The number of morpholine rings is 1. The second-order valence-corrected chi connectivity index (χ2v) is 8.99. The molecule has 1 aliphatic heterocycles. The lowest BCUT2D eigenvalue weighted by molar-refractivity contribution is -0.122. The van der Waals surface area contributed by atoms with Gasteiger partial charge in [-0.15, -0.1) is 0 Å². The monoisotopic (exact) mass is 431 g/mol. The highest BCUT2D eigenvalue weighted by Crippen LogP contribution is 2.11. The van der Waals surface area contributed by atoms with Gasteiger partial charge in [-0.25, -0.2) is 8.42 Å². The zero-order chi connectivity index (χ0) is 21.2. The molecule has 8 heteroatoms. The van der Waals surface area contributed by atoms with Crippen molar-refractivity contribution >= 4 is 15.9 Å². The summed E-state index contributed by atoms with van der Waals surface area (Å²) in [6, 6.07) is 16.6. The molecule has 0 aliphatic carbocycles. The Balaban J connectivity index is 1.60. The van der Waals surface area contributed by atoms with E-state index in [2.05, 4.69) is 14.9 Å². The Kier molecular flexibility index (Phi) is 8.39. The SMILES string of the molecule is O=C(NCCCN1CCOCC1)C(Cc1ccccc1)NS(=O)(=O)c1ccccc1. The minimum absolute atomic E-state index is 0.142. The van der Waals surface area contributed by atoms with Crippen molar-refractivity contribution in [3.63, 3.8) is 0 Å². The Hall–Kier alpha value is -2.26. The number of benzene rings is 2. The van der Waals surface area contributed by atoms with Crippen LogP contribution in [0.1, 0.15) is 12.0 Å². The molecule has 30 heavy (non-hydrogen) atoms. The molecule has 1 unspecified atom stereocenters. The normalized spacial score (nSPS) is 16.1. The van der Waals surface area contributed by atoms with Gasteiger partial charge in [-0.1, -0.05) is 48.5 Å². The number of hydrogen-bond acceptors (Lipinski definition) is 5. The number of sulfonamides is 1. The van der Waals surface area contributed by atoms with Crippen LogP contribution in [0.3, 0.4) is 0 Å². The molecule has 1 fully saturated rings. The van der Waals surface area contributed by atoms with Crippen molar-refractivity contribution in [1.29, 1.82) is 0 Å². The minimum Gasteiger partial charge on any atom is -0.379 e. The van der Waals surface area contributed by atoms with Gasteiger partial charge in [0.2, 0.25) is 15.9 Å². The van der Waals surface area contributed by atoms with Gasteiger partial charge in [0.05, 0.1) is 18.1 Å². The number of ether oxygens (including phenoxy) is 1. The first-order valence-electron chi connectivity index (χ1n) is 10.2. The second kappa shape index (κ2) is 11.2. The summed E-state index contributed by atoms with van der Waals surface area (Å²) in [5.74, 6) is -0.319. The van der Waals surface area contributed by atoms with Crippen LogP contribution >= 0.6 is 0 Å². The smallest absolute Gasteiger partial charge is 0.241 e. The Morgan fingerprint density at radius 2 is 1.63 bits per heavy atom. The third-order valence-electron chi connectivity index (χ3n) is 5.00. The average Bonchev–Trinajstić information content (AvgIpc) is 2.78. The van der Waals surface area contributed by atoms with E-state index in [9.17, 15) is 13.2 Å². The van der Waals surface area contributed by atoms with Gasteiger partial charge >= 0.3 is 0 Å². The lowest BCUT2D eigenvalue weighted by Gasteiger charge is -2.26. The molecule has 1 heterocycles. The van der Waals surface area contributed by atoms with Gasteiger partial charge < -0.3 is 10.1 Å². The van der Waals surface area contributed by atoms with Crippen molar-refractivity contribution in [3.05, 3.63) is 66.2 Å². The van der Waals surface area contributed by atoms with Crippen LogP contribution in [-0.2, 0) is 26.0 Å². The highest BCUT2D eigenvalue weighted by molar-refractivity contribution is 7.89. The molecule has 1 atom stereocenters. The van der Waals surface area contributed by atoms with E-state index in [-0.39, 0.29) is 17.2 Å². The fourth-order valence-electron chi connectivity index (χ4n) is 3.35. The summed E-state index contributed by atoms with van der Waals surface area (Å²) in [4.78, 5) is 15.3. The number of nitrogens with one attached hydrogen (secondary N) is 2. The first-order chi connectivity index (χ1) is 14.5. The maximum Gasteiger partial charge on any atom is 0.241 e. The molecule has 7 nitrogen and oxygen atoms in total. The molecule has 3 rings (SSSR count). The van der Waals surface area contributed by atoms with Crippen LogP contribution in [0.15, 0.2) is 65.6 Å². The molecule has 0 saturated carbocycles. The third kappa shape index (κ3) is 6.91. The van der Waals surface area contributed by atoms with E-state index in [0.717, 1.165) is 44.8 Å². The molecular weight excluding hydrogens is 402 g/mol. The fraction of sp³-hybridized carbons (Fsp3) is 0.409. The molecule has 1 saturated heterocycles. The van der Waals surface area contributed by atoms with E-state index in [0.29, 0.717) is 6.54 Å². The van der Waals surface area contributed by atoms with Gasteiger partial charge in [-0.3, -0.25) is 9.69 Å². The highest BCUT2D eigenvalue weighted by atomic mass is 32.2. The number of nitrogens with zero attached hydrogens (tertiary/aromatic N) is 1. The average molecular weight is 432 g/mol. The zero-order valence-electron chi connectivity index (χ0n) is 17.0. The van der Waals surface area contributed by atoms with Gasteiger partial charge in [0.1, 0.15) is 6.04 Å². The number of rotatable bonds is 10. The fourth-order valence-corrected chi connectivity index (χ4v) is 4.57. The van der Waals surface area contributed by atoms with E-state index in [1.807, 2.05) is 30.3 Å². The van der Waals surface area contributed by atoms with E-state index < -0.39 is 16.1 Å². The lowest BCUT2D eigenvalue weighted by atomic mass is 10.1. The van der Waals surface area contributed by atoms with E-state index in [4.69, 9.17) is 4.74 Å². The summed E-state index contributed by atoms with van der Waals surface area (Å²) in [5.41, 5.74) is 0.890. The molecule has 2 N–H and O–H groups in total. The molecule has 1 aliphatic rings. The molecule has 2 aromatic rings. The Bertz CT molecular complexity index is 885. The number of carbonyl (C=O) groups is 1. The van der Waals surface area contributed by atoms with Gasteiger partial charge in [-0.05, 0) is 37.1 Å². The molecule has 162 valence electrons. The molecular formula is C22H29N3O4S. The molecule has 1 amide bonds. The predicted octanol–water partition coefficient (Wildman–Crippen LogP) is 1.41. The first kappa shape index (κ1) is 22.4. The van der Waals surface area contributed by atoms with Crippen LogP contribution in [0.4, 0.5) is 0 Å². The first-order valence-corrected chi connectivity index (χ1v) is 11.7. The molecule has 0 aromatic heterocycles. The lowest BCUT2D eigenvalue weighted by Crippen LogP contribution is -2.48. The van der Waals surface area contributed by atoms with Gasteiger partial charge in [0.25, 0.3) is 0 Å². The summed E-state index contributed by atoms with van der Waals surface area (Å²) in [6.07, 6.45) is 1.08.